The first-order chi connectivity index (χ1) is 11.2. The van der Waals surface area contributed by atoms with Gasteiger partial charge in [-0.2, -0.15) is 5.10 Å². The number of aromatic amines is 1. The van der Waals surface area contributed by atoms with Gasteiger partial charge in [0, 0.05) is 11.6 Å². The Morgan fingerprint density at radius 1 is 1.17 bits per heavy atom. The van der Waals surface area contributed by atoms with Gasteiger partial charge >= 0.3 is 5.69 Å². The van der Waals surface area contributed by atoms with E-state index in [4.69, 9.17) is 5.73 Å². The SMILES string of the molecule is NCCCc1cn2c(=O)[nH]nc2c2cc3cc(F)ccc3cc12. The highest BCUT2D eigenvalue weighted by Crippen LogP contribution is 2.28. The number of aryl methyl sites for hydroxylation is 1. The minimum Gasteiger partial charge on any atom is -0.330 e. The summed E-state index contributed by atoms with van der Waals surface area (Å²) in [7, 11) is 0. The first kappa shape index (κ1) is 13.9. The predicted molar refractivity (Wildman–Crippen MR) is 88.2 cm³/mol. The van der Waals surface area contributed by atoms with Crippen LogP contribution in [-0.2, 0) is 6.42 Å². The molecular weight excluding hydrogens is 295 g/mol. The number of rotatable bonds is 3. The van der Waals surface area contributed by atoms with Crippen molar-refractivity contribution in [3.63, 3.8) is 0 Å². The number of pyridine rings is 1. The van der Waals surface area contributed by atoms with Gasteiger partial charge < -0.3 is 5.73 Å². The molecule has 5 nitrogen and oxygen atoms in total. The van der Waals surface area contributed by atoms with Gasteiger partial charge in [0.05, 0.1) is 0 Å². The number of hydrogen-bond acceptors (Lipinski definition) is 3. The van der Waals surface area contributed by atoms with Crippen LogP contribution in [0.1, 0.15) is 12.0 Å². The van der Waals surface area contributed by atoms with Crippen molar-refractivity contribution in [1.29, 1.82) is 0 Å². The third-order valence-electron chi connectivity index (χ3n) is 4.17. The number of halogens is 1. The Labute approximate surface area is 130 Å². The molecule has 0 unspecified atom stereocenters. The van der Waals surface area contributed by atoms with Gasteiger partial charge in [0.1, 0.15) is 5.82 Å². The third-order valence-corrected chi connectivity index (χ3v) is 4.17. The third kappa shape index (κ3) is 2.19. The zero-order valence-electron chi connectivity index (χ0n) is 12.3. The van der Waals surface area contributed by atoms with E-state index < -0.39 is 0 Å². The first-order valence-electron chi connectivity index (χ1n) is 7.49. The average Bonchev–Trinajstić information content (AvgIpc) is 2.92. The molecule has 2 aromatic heterocycles. The second-order valence-electron chi connectivity index (χ2n) is 5.66. The van der Waals surface area contributed by atoms with Crippen LogP contribution in [0.3, 0.4) is 0 Å². The molecule has 0 saturated heterocycles. The monoisotopic (exact) mass is 310 g/mol. The lowest BCUT2D eigenvalue weighted by atomic mass is 9.99. The van der Waals surface area contributed by atoms with Crippen molar-refractivity contribution in [2.75, 3.05) is 6.54 Å². The number of nitrogens with two attached hydrogens (primary N) is 1. The van der Waals surface area contributed by atoms with E-state index in [9.17, 15) is 9.18 Å². The summed E-state index contributed by atoms with van der Waals surface area (Å²) in [6.45, 7) is 0.582. The van der Waals surface area contributed by atoms with Crippen LogP contribution < -0.4 is 11.4 Å². The lowest BCUT2D eigenvalue weighted by molar-refractivity contribution is 0.630. The van der Waals surface area contributed by atoms with Gasteiger partial charge in [-0.25, -0.2) is 18.7 Å². The summed E-state index contributed by atoms with van der Waals surface area (Å²) in [5, 5.41) is 10.2. The van der Waals surface area contributed by atoms with E-state index in [1.807, 2.05) is 18.3 Å². The van der Waals surface area contributed by atoms with Crippen LogP contribution in [0.2, 0.25) is 0 Å². The normalized spacial score (nSPS) is 11.7. The summed E-state index contributed by atoms with van der Waals surface area (Å²) in [6, 6.07) is 8.61. The minimum atomic E-state index is -0.286. The number of H-pyrrole nitrogens is 1. The molecule has 3 N–H and O–H groups in total. The van der Waals surface area contributed by atoms with E-state index in [0.29, 0.717) is 12.2 Å². The van der Waals surface area contributed by atoms with Crippen LogP contribution in [-0.4, -0.2) is 21.1 Å². The Bertz CT molecular complexity index is 1100. The first-order valence-corrected chi connectivity index (χ1v) is 7.49. The second-order valence-corrected chi connectivity index (χ2v) is 5.66. The van der Waals surface area contributed by atoms with Crippen molar-refractivity contribution in [3.8, 4) is 0 Å². The number of nitrogens with zero attached hydrogens (tertiary/aromatic N) is 2. The van der Waals surface area contributed by atoms with E-state index in [1.165, 1.54) is 16.5 Å². The van der Waals surface area contributed by atoms with Crippen molar-refractivity contribution in [1.82, 2.24) is 14.6 Å². The number of hydrogen-bond donors (Lipinski definition) is 2. The molecule has 0 aliphatic rings. The summed E-state index contributed by atoms with van der Waals surface area (Å²) in [6.07, 6.45) is 3.41. The number of aromatic nitrogens is 3. The lowest BCUT2D eigenvalue weighted by Crippen LogP contribution is -2.10. The van der Waals surface area contributed by atoms with E-state index in [-0.39, 0.29) is 11.5 Å². The van der Waals surface area contributed by atoms with Crippen molar-refractivity contribution in [2.45, 2.75) is 12.8 Å². The Balaban J connectivity index is 2.14. The van der Waals surface area contributed by atoms with Crippen molar-refractivity contribution in [2.24, 2.45) is 5.73 Å². The maximum atomic E-state index is 13.5. The van der Waals surface area contributed by atoms with Gasteiger partial charge in [0.2, 0.25) is 0 Å². The predicted octanol–water partition coefficient (Wildman–Crippen LogP) is 2.36. The van der Waals surface area contributed by atoms with Crippen LogP contribution in [0.4, 0.5) is 4.39 Å². The molecule has 4 rings (SSSR count). The standard InChI is InChI=1S/C17H15FN4O/c18-13-4-3-10-7-14-11(2-1-5-19)9-22-16(20-21-17(22)23)15(14)8-12(10)6-13/h3-4,6-9H,1-2,5,19H2,(H,21,23). The van der Waals surface area contributed by atoms with E-state index in [2.05, 4.69) is 10.2 Å². The molecule has 0 aliphatic carbocycles. The molecule has 6 heteroatoms. The fraction of sp³-hybridized carbons (Fsp3) is 0.176. The van der Waals surface area contributed by atoms with E-state index >= 15 is 0 Å². The molecular formula is C17H15FN4O. The average molecular weight is 310 g/mol. The molecule has 4 aromatic rings. The molecule has 0 fully saturated rings. The number of fused-ring (bicyclic) bond motifs is 4. The molecule has 0 amide bonds. The van der Waals surface area contributed by atoms with Gasteiger partial charge in [-0.15, -0.1) is 0 Å². The zero-order valence-corrected chi connectivity index (χ0v) is 12.3. The summed E-state index contributed by atoms with van der Waals surface area (Å²) < 4.78 is 15.0. The topological polar surface area (TPSA) is 76.2 Å². The fourth-order valence-corrected chi connectivity index (χ4v) is 3.05. The van der Waals surface area contributed by atoms with Gasteiger partial charge in [0.25, 0.3) is 0 Å². The molecule has 0 radical (unpaired) electrons. The van der Waals surface area contributed by atoms with Crippen LogP contribution in [0, 0.1) is 5.82 Å². The van der Waals surface area contributed by atoms with E-state index in [1.54, 1.807) is 6.07 Å². The number of nitrogens with one attached hydrogen (secondary N) is 1. The highest BCUT2D eigenvalue weighted by Gasteiger charge is 2.12. The Hall–Kier alpha value is -2.73. The van der Waals surface area contributed by atoms with Gasteiger partial charge in [-0.1, -0.05) is 6.07 Å². The van der Waals surface area contributed by atoms with Gasteiger partial charge in [0.15, 0.2) is 5.65 Å². The quantitative estimate of drug-likeness (QED) is 0.570. The molecule has 0 aliphatic heterocycles. The molecule has 2 heterocycles. The van der Waals surface area contributed by atoms with Crippen molar-refractivity contribution in [3.05, 3.63) is 58.4 Å². The fourth-order valence-electron chi connectivity index (χ4n) is 3.05. The number of benzene rings is 2. The summed E-state index contributed by atoms with van der Waals surface area (Å²) in [4.78, 5) is 11.9. The molecule has 0 spiro atoms. The maximum Gasteiger partial charge on any atom is 0.347 e. The van der Waals surface area contributed by atoms with Crippen molar-refractivity contribution < 1.29 is 4.39 Å². The lowest BCUT2D eigenvalue weighted by Gasteiger charge is -2.09. The molecule has 23 heavy (non-hydrogen) atoms. The highest BCUT2D eigenvalue weighted by molar-refractivity contribution is 6.05. The van der Waals surface area contributed by atoms with Crippen LogP contribution >= 0.6 is 0 Å². The Morgan fingerprint density at radius 3 is 2.83 bits per heavy atom. The highest BCUT2D eigenvalue weighted by atomic mass is 19.1. The van der Waals surface area contributed by atoms with Crippen LogP contribution in [0.15, 0.2) is 41.3 Å². The molecule has 0 bridgehead atoms. The van der Waals surface area contributed by atoms with Crippen LogP contribution in [0.25, 0.3) is 27.2 Å². The summed E-state index contributed by atoms with van der Waals surface area (Å²) in [5.41, 5.74) is 6.92. The molecule has 0 saturated carbocycles. The second kappa shape index (κ2) is 5.17. The largest absolute Gasteiger partial charge is 0.347 e. The maximum absolute atomic E-state index is 13.5. The van der Waals surface area contributed by atoms with Crippen LogP contribution in [0.5, 0.6) is 0 Å². The van der Waals surface area contributed by atoms with E-state index in [0.717, 1.165) is 39.9 Å². The Morgan fingerprint density at radius 2 is 2.00 bits per heavy atom. The summed E-state index contributed by atoms with van der Waals surface area (Å²) in [5.74, 6) is -0.286. The smallest absolute Gasteiger partial charge is 0.330 e. The molecule has 0 atom stereocenters. The van der Waals surface area contributed by atoms with Gasteiger partial charge in [-0.05, 0) is 65.4 Å². The Kier molecular flexibility index (Phi) is 3.12. The van der Waals surface area contributed by atoms with Gasteiger partial charge in [-0.3, -0.25) is 0 Å². The summed E-state index contributed by atoms with van der Waals surface area (Å²) >= 11 is 0. The molecule has 2 aromatic carbocycles. The molecule has 116 valence electrons. The zero-order chi connectivity index (χ0) is 16.0. The minimum absolute atomic E-state index is 0.282. The van der Waals surface area contributed by atoms with Crippen molar-refractivity contribution >= 4 is 27.2 Å².